The molecule has 21 heavy (non-hydrogen) atoms. The number of rotatable bonds is 2. The molecule has 0 radical (unpaired) electrons. The van der Waals surface area contributed by atoms with Crippen LogP contribution in [0.5, 0.6) is 0 Å². The van der Waals surface area contributed by atoms with E-state index >= 15 is 0 Å². The second kappa shape index (κ2) is 4.46. The van der Waals surface area contributed by atoms with Crippen LogP contribution in [0.25, 0.3) is 0 Å². The molecule has 1 heterocycles. The van der Waals surface area contributed by atoms with Crippen molar-refractivity contribution in [1.82, 2.24) is 4.31 Å². The van der Waals surface area contributed by atoms with Crippen LogP contribution in [0, 0.1) is 17.8 Å². The van der Waals surface area contributed by atoms with Gasteiger partial charge in [0.15, 0.2) is 0 Å². The number of sulfonamides is 1. The zero-order valence-electron chi connectivity index (χ0n) is 13.0. The molecule has 0 aromatic heterocycles. The highest BCUT2D eigenvalue weighted by molar-refractivity contribution is 7.89. The van der Waals surface area contributed by atoms with Crippen molar-refractivity contribution < 1.29 is 8.42 Å². The third kappa shape index (κ3) is 2.23. The molecule has 1 saturated carbocycles. The summed E-state index contributed by atoms with van der Waals surface area (Å²) >= 11 is 6.11. The predicted molar refractivity (Wildman–Crippen MR) is 85.0 cm³/mol. The molecule has 3 rings (SSSR count). The van der Waals surface area contributed by atoms with E-state index in [9.17, 15) is 8.42 Å². The second-order valence-corrected chi connectivity index (χ2v) is 9.88. The van der Waals surface area contributed by atoms with Crippen molar-refractivity contribution in [2.24, 2.45) is 10.8 Å². The molecule has 2 aliphatic rings. The zero-order valence-corrected chi connectivity index (χ0v) is 14.6. The number of fused-ring (bicyclic) bond motifs is 2. The Morgan fingerprint density at radius 3 is 2.52 bits per heavy atom. The van der Waals surface area contributed by atoms with Crippen molar-refractivity contribution in [2.75, 3.05) is 6.54 Å². The van der Waals surface area contributed by atoms with E-state index in [0.29, 0.717) is 22.0 Å². The van der Waals surface area contributed by atoms with Gasteiger partial charge in [0, 0.05) is 17.6 Å². The Morgan fingerprint density at radius 1 is 1.29 bits per heavy atom. The Kier molecular flexibility index (Phi) is 3.26. The smallest absolute Gasteiger partial charge is 0.207 e. The molecule has 0 N–H and O–H groups in total. The minimum Gasteiger partial charge on any atom is -0.207 e. The molecule has 2 unspecified atom stereocenters. The number of hydrogen-bond acceptors (Lipinski definition) is 2. The Morgan fingerprint density at radius 2 is 1.95 bits per heavy atom. The number of hydrogen-bond donors (Lipinski definition) is 0. The summed E-state index contributed by atoms with van der Waals surface area (Å²) in [7, 11) is -3.48. The SMILES string of the molecule is Cc1c(Cl)cccc1S(=O)(=O)N1CC2(C)CC1C(C)(C)C2. The van der Waals surface area contributed by atoms with Crippen molar-refractivity contribution in [3.05, 3.63) is 28.8 Å². The fourth-order valence-corrected chi connectivity index (χ4v) is 6.78. The molecule has 1 aromatic carbocycles. The number of piperidine rings is 1. The van der Waals surface area contributed by atoms with Gasteiger partial charge in [0.25, 0.3) is 0 Å². The molecule has 3 nitrogen and oxygen atoms in total. The molecule has 1 aliphatic heterocycles. The van der Waals surface area contributed by atoms with Crippen LogP contribution in [0.1, 0.15) is 39.2 Å². The van der Waals surface area contributed by atoms with Gasteiger partial charge in [-0.05, 0) is 48.3 Å². The minimum absolute atomic E-state index is 0.0343. The van der Waals surface area contributed by atoms with Crippen LogP contribution in [0.2, 0.25) is 5.02 Å². The van der Waals surface area contributed by atoms with Gasteiger partial charge in [0.1, 0.15) is 0 Å². The Balaban J connectivity index is 2.07. The Hall–Kier alpha value is -0.580. The van der Waals surface area contributed by atoms with E-state index in [2.05, 4.69) is 20.8 Å². The molecule has 1 aromatic rings. The highest BCUT2D eigenvalue weighted by Crippen LogP contribution is 2.58. The van der Waals surface area contributed by atoms with Crippen LogP contribution >= 0.6 is 11.6 Å². The van der Waals surface area contributed by atoms with Gasteiger partial charge in [-0.1, -0.05) is 38.4 Å². The molecule has 1 saturated heterocycles. The molecule has 2 atom stereocenters. The fourth-order valence-electron chi connectivity index (χ4n) is 4.38. The molecule has 0 spiro atoms. The van der Waals surface area contributed by atoms with Crippen molar-refractivity contribution >= 4 is 21.6 Å². The minimum atomic E-state index is -3.48. The summed E-state index contributed by atoms with van der Waals surface area (Å²) in [5.41, 5.74) is 0.783. The van der Waals surface area contributed by atoms with Crippen LogP contribution in [-0.4, -0.2) is 25.3 Å². The van der Waals surface area contributed by atoms with Gasteiger partial charge < -0.3 is 0 Å². The van der Waals surface area contributed by atoms with E-state index in [1.807, 2.05) is 0 Å². The standard InChI is InChI=1S/C16H22ClNO2S/c1-11-12(17)6-5-7-13(11)21(19,20)18-10-16(4)8-14(18)15(2,3)9-16/h5-7,14H,8-10H2,1-4H3. The fraction of sp³-hybridized carbons (Fsp3) is 0.625. The van der Waals surface area contributed by atoms with E-state index in [4.69, 9.17) is 11.6 Å². The van der Waals surface area contributed by atoms with E-state index < -0.39 is 10.0 Å². The van der Waals surface area contributed by atoms with Crippen LogP contribution < -0.4 is 0 Å². The third-order valence-electron chi connectivity index (χ3n) is 5.16. The molecule has 116 valence electrons. The topological polar surface area (TPSA) is 37.4 Å². The first kappa shape index (κ1) is 15.3. The molecule has 1 aliphatic carbocycles. The maximum absolute atomic E-state index is 13.1. The summed E-state index contributed by atoms with van der Waals surface area (Å²) in [6, 6.07) is 5.20. The highest BCUT2D eigenvalue weighted by atomic mass is 35.5. The Labute approximate surface area is 132 Å². The van der Waals surface area contributed by atoms with Crippen LogP contribution in [0.3, 0.4) is 0 Å². The first-order valence-electron chi connectivity index (χ1n) is 7.34. The van der Waals surface area contributed by atoms with Gasteiger partial charge in [-0.15, -0.1) is 0 Å². The molecule has 0 amide bonds. The highest BCUT2D eigenvalue weighted by Gasteiger charge is 2.59. The average molecular weight is 328 g/mol. The lowest BCUT2D eigenvalue weighted by Crippen LogP contribution is -2.47. The quantitative estimate of drug-likeness (QED) is 0.827. The first-order chi connectivity index (χ1) is 9.57. The monoisotopic (exact) mass is 327 g/mol. The first-order valence-corrected chi connectivity index (χ1v) is 9.16. The summed E-state index contributed by atoms with van der Waals surface area (Å²) in [4.78, 5) is 0.349. The predicted octanol–water partition coefficient (Wildman–Crippen LogP) is 3.85. The molecule has 2 bridgehead atoms. The van der Waals surface area contributed by atoms with Gasteiger partial charge in [0.2, 0.25) is 10.0 Å². The van der Waals surface area contributed by atoms with E-state index in [1.165, 1.54) is 0 Å². The largest absolute Gasteiger partial charge is 0.243 e. The van der Waals surface area contributed by atoms with Gasteiger partial charge >= 0.3 is 0 Å². The molecular formula is C16H22ClNO2S. The van der Waals surface area contributed by atoms with Crippen LogP contribution in [-0.2, 0) is 10.0 Å². The molecule has 2 fully saturated rings. The molecule has 5 heteroatoms. The van der Waals surface area contributed by atoms with Crippen molar-refractivity contribution in [3.8, 4) is 0 Å². The lowest BCUT2D eigenvalue weighted by molar-refractivity contribution is 0.138. The van der Waals surface area contributed by atoms with Gasteiger partial charge in [-0.3, -0.25) is 0 Å². The summed E-state index contributed by atoms with van der Waals surface area (Å²) in [5, 5.41) is 0.505. The normalized spacial score (nSPS) is 31.8. The van der Waals surface area contributed by atoms with E-state index in [1.54, 1.807) is 29.4 Å². The number of halogens is 1. The summed E-state index contributed by atoms with van der Waals surface area (Å²) in [5.74, 6) is 0. The van der Waals surface area contributed by atoms with Gasteiger partial charge in [-0.25, -0.2) is 8.42 Å². The van der Waals surface area contributed by atoms with Crippen LogP contribution in [0.15, 0.2) is 23.1 Å². The number of nitrogens with zero attached hydrogens (tertiary/aromatic N) is 1. The van der Waals surface area contributed by atoms with Crippen LogP contribution in [0.4, 0.5) is 0 Å². The third-order valence-corrected chi connectivity index (χ3v) is 7.57. The van der Waals surface area contributed by atoms with E-state index in [-0.39, 0.29) is 16.9 Å². The Bertz CT molecular complexity index is 695. The van der Waals surface area contributed by atoms with E-state index in [0.717, 1.165) is 12.8 Å². The van der Waals surface area contributed by atoms with Crippen molar-refractivity contribution in [2.45, 2.75) is 51.5 Å². The van der Waals surface area contributed by atoms with Gasteiger partial charge in [-0.2, -0.15) is 4.31 Å². The number of benzene rings is 1. The van der Waals surface area contributed by atoms with Gasteiger partial charge in [0.05, 0.1) is 4.90 Å². The summed E-state index contributed by atoms with van der Waals surface area (Å²) < 4.78 is 27.9. The lowest BCUT2D eigenvalue weighted by atomic mass is 9.80. The zero-order chi connectivity index (χ0) is 15.6. The van der Waals surface area contributed by atoms with Crippen molar-refractivity contribution in [3.63, 3.8) is 0 Å². The maximum Gasteiger partial charge on any atom is 0.243 e. The summed E-state index contributed by atoms with van der Waals surface area (Å²) in [6.45, 7) is 8.95. The molecular weight excluding hydrogens is 306 g/mol. The van der Waals surface area contributed by atoms with Crippen molar-refractivity contribution in [1.29, 1.82) is 0 Å². The maximum atomic E-state index is 13.1. The average Bonchev–Trinajstić information content (AvgIpc) is 2.81. The summed E-state index contributed by atoms with van der Waals surface area (Å²) in [6.07, 6.45) is 2.05. The lowest BCUT2D eigenvalue weighted by Gasteiger charge is -2.40. The second-order valence-electron chi connectivity index (χ2n) is 7.61.